The third kappa shape index (κ3) is 4.81. The van der Waals surface area contributed by atoms with Gasteiger partial charge >= 0.3 is 0 Å². The molecule has 2 aliphatic rings. The lowest BCUT2D eigenvalue weighted by atomic mass is 10.0. The number of aliphatic hydroxyl groups is 1. The second kappa shape index (κ2) is 10.4. The van der Waals surface area contributed by atoms with Crippen LogP contribution < -0.4 is 0 Å². The number of amides is 1. The highest BCUT2D eigenvalue weighted by atomic mass is 32.1. The van der Waals surface area contributed by atoms with Gasteiger partial charge in [-0.05, 0) is 24.8 Å². The van der Waals surface area contributed by atoms with Crippen LogP contribution in [0.25, 0.3) is 16.3 Å². The largest absolute Gasteiger partial charge is 0.505 e. The molecule has 0 aliphatic carbocycles. The van der Waals surface area contributed by atoms with Gasteiger partial charge in [0.15, 0.2) is 5.76 Å². The zero-order valence-corrected chi connectivity index (χ0v) is 21.1. The van der Waals surface area contributed by atoms with Gasteiger partial charge in [-0.2, -0.15) is 0 Å². The van der Waals surface area contributed by atoms with Gasteiger partial charge in [0.05, 0.1) is 24.8 Å². The summed E-state index contributed by atoms with van der Waals surface area (Å²) in [6, 6.07) is 12.9. The van der Waals surface area contributed by atoms with Crippen molar-refractivity contribution < 1.29 is 19.4 Å². The number of aliphatic hydroxyl groups excluding tert-OH is 1. The highest BCUT2D eigenvalue weighted by molar-refractivity contribution is 7.15. The first kappa shape index (κ1) is 23.9. The minimum atomic E-state index is -0.652. The van der Waals surface area contributed by atoms with E-state index in [1.165, 1.54) is 22.7 Å². The van der Waals surface area contributed by atoms with Gasteiger partial charge in [-0.1, -0.05) is 36.4 Å². The van der Waals surface area contributed by atoms with E-state index in [1.54, 1.807) is 4.90 Å². The van der Waals surface area contributed by atoms with E-state index in [0.29, 0.717) is 12.2 Å². The Balaban J connectivity index is 1.47. The number of ketones is 1. The number of benzene rings is 1. The minimum absolute atomic E-state index is 0.122. The van der Waals surface area contributed by atoms with Crippen LogP contribution >= 0.6 is 22.7 Å². The summed E-state index contributed by atoms with van der Waals surface area (Å²) in [5.41, 5.74) is 1.43. The number of Topliss-reactive ketones (excluding diaryl/α,β-unsaturated/α-hetero) is 1. The molecule has 1 N–H and O–H groups in total. The lowest BCUT2D eigenvalue weighted by Gasteiger charge is -2.28. The van der Waals surface area contributed by atoms with Crippen molar-refractivity contribution in [3.63, 3.8) is 0 Å². The van der Waals surface area contributed by atoms with Gasteiger partial charge in [-0.25, -0.2) is 4.98 Å². The van der Waals surface area contributed by atoms with E-state index in [1.807, 2.05) is 54.8 Å². The number of ether oxygens (including phenoxy) is 1. The van der Waals surface area contributed by atoms with Gasteiger partial charge in [0, 0.05) is 41.5 Å². The van der Waals surface area contributed by atoms with Gasteiger partial charge in [0.2, 0.25) is 0 Å². The van der Waals surface area contributed by atoms with Crippen LogP contribution in [0.5, 0.6) is 0 Å². The fraction of sp³-hybridized carbons (Fsp3) is 0.346. The maximum atomic E-state index is 13.2. The van der Waals surface area contributed by atoms with E-state index >= 15 is 0 Å². The number of rotatable bonds is 7. The number of aromatic nitrogens is 1. The van der Waals surface area contributed by atoms with Gasteiger partial charge in [-0.15, -0.1) is 22.7 Å². The molecule has 0 spiro atoms. The van der Waals surface area contributed by atoms with Gasteiger partial charge in [-0.3, -0.25) is 14.5 Å². The number of thiazole rings is 1. The second-order valence-corrected chi connectivity index (χ2v) is 10.8. The molecule has 35 heavy (non-hydrogen) atoms. The highest BCUT2D eigenvalue weighted by Gasteiger charge is 2.46. The minimum Gasteiger partial charge on any atom is -0.505 e. The van der Waals surface area contributed by atoms with Crippen LogP contribution in [0.2, 0.25) is 0 Å². The summed E-state index contributed by atoms with van der Waals surface area (Å²) >= 11 is 2.93. The van der Waals surface area contributed by atoms with Crippen molar-refractivity contribution >= 4 is 40.1 Å². The first-order chi connectivity index (χ1) is 17.0. The molecular weight excluding hydrogens is 482 g/mol. The Bertz CT molecular complexity index is 1230. The molecular formula is C26H27N3O4S2. The molecule has 5 rings (SSSR count). The summed E-state index contributed by atoms with van der Waals surface area (Å²) in [4.78, 5) is 36.6. The molecule has 7 nitrogen and oxygen atoms in total. The van der Waals surface area contributed by atoms with Crippen LogP contribution in [0.4, 0.5) is 0 Å². The standard InChI is InChI=1S/C26H27N3O4S2/c1-17-21(27-25(35-17)18-7-3-2-4-8-18)23(30)20-22(19-9-5-16-34-19)29(26(32)24(20)31)11-6-10-28-12-14-33-15-13-28/h2-5,7-9,16,22,30H,6,10-15H2,1H3/b23-20-. The third-order valence-corrected chi connectivity index (χ3v) is 8.32. The zero-order valence-electron chi connectivity index (χ0n) is 19.5. The summed E-state index contributed by atoms with van der Waals surface area (Å²) in [5.74, 6) is -1.42. The molecule has 1 amide bonds. The summed E-state index contributed by atoms with van der Waals surface area (Å²) < 4.78 is 5.41. The number of morpholine rings is 1. The number of thiophene rings is 1. The number of likely N-dealkylation sites (tertiary alicyclic amines) is 1. The topological polar surface area (TPSA) is 83.0 Å². The Labute approximate surface area is 212 Å². The lowest BCUT2D eigenvalue weighted by Crippen LogP contribution is -2.38. The van der Waals surface area contributed by atoms with Crippen molar-refractivity contribution in [2.75, 3.05) is 39.4 Å². The molecule has 2 saturated heterocycles. The van der Waals surface area contributed by atoms with Crippen LogP contribution in [0.1, 0.15) is 27.9 Å². The molecule has 1 atom stereocenters. The average molecular weight is 510 g/mol. The van der Waals surface area contributed by atoms with Crippen molar-refractivity contribution in [2.24, 2.45) is 0 Å². The predicted molar refractivity (Wildman–Crippen MR) is 137 cm³/mol. The summed E-state index contributed by atoms with van der Waals surface area (Å²) in [7, 11) is 0. The smallest absolute Gasteiger partial charge is 0.295 e. The second-order valence-electron chi connectivity index (χ2n) is 8.61. The van der Waals surface area contributed by atoms with Crippen molar-refractivity contribution in [1.29, 1.82) is 0 Å². The normalized spacial score (nSPS) is 20.6. The van der Waals surface area contributed by atoms with Crippen molar-refractivity contribution in [3.05, 3.63) is 68.9 Å². The average Bonchev–Trinajstić information content (AvgIpc) is 3.60. The van der Waals surface area contributed by atoms with Crippen molar-refractivity contribution in [1.82, 2.24) is 14.8 Å². The quantitative estimate of drug-likeness (QED) is 0.290. The van der Waals surface area contributed by atoms with Gasteiger partial charge in [0.25, 0.3) is 11.7 Å². The number of hydrogen-bond donors (Lipinski definition) is 1. The van der Waals surface area contributed by atoms with E-state index in [9.17, 15) is 14.7 Å². The number of carbonyl (C=O) groups excluding carboxylic acids is 2. The fourth-order valence-electron chi connectivity index (χ4n) is 4.59. The van der Waals surface area contributed by atoms with E-state index < -0.39 is 17.7 Å². The van der Waals surface area contributed by atoms with E-state index in [4.69, 9.17) is 4.74 Å². The third-order valence-electron chi connectivity index (χ3n) is 6.37. The Morgan fingerprint density at radius 3 is 2.60 bits per heavy atom. The van der Waals surface area contributed by atoms with Crippen LogP contribution in [-0.4, -0.2) is 71.0 Å². The Morgan fingerprint density at radius 2 is 1.89 bits per heavy atom. The number of carbonyl (C=O) groups is 2. The first-order valence-electron chi connectivity index (χ1n) is 11.7. The molecule has 2 aliphatic heterocycles. The van der Waals surface area contributed by atoms with E-state index in [-0.39, 0.29) is 11.3 Å². The monoisotopic (exact) mass is 509 g/mol. The summed E-state index contributed by atoms with van der Waals surface area (Å²) in [5, 5.41) is 14.1. The maximum absolute atomic E-state index is 13.2. The maximum Gasteiger partial charge on any atom is 0.295 e. The predicted octanol–water partition coefficient (Wildman–Crippen LogP) is 4.32. The lowest BCUT2D eigenvalue weighted by molar-refractivity contribution is -0.140. The SMILES string of the molecule is Cc1sc(-c2ccccc2)nc1/C(O)=C1/C(=O)C(=O)N(CCCN2CCOCC2)C1c1cccs1. The molecule has 182 valence electrons. The first-order valence-corrected chi connectivity index (χ1v) is 13.4. The Morgan fingerprint density at radius 1 is 1.11 bits per heavy atom. The highest BCUT2D eigenvalue weighted by Crippen LogP contribution is 2.42. The number of hydrogen-bond acceptors (Lipinski definition) is 8. The number of aryl methyl sites for hydroxylation is 1. The van der Waals surface area contributed by atoms with E-state index in [0.717, 1.165) is 59.6 Å². The Hall–Kier alpha value is -2.85. The molecule has 0 radical (unpaired) electrons. The molecule has 3 aromatic rings. The van der Waals surface area contributed by atoms with Crippen molar-refractivity contribution in [3.8, 4) is 10.6 Å². The molecule has 0 bridgehead atoms. The van der Waals surface area contributed by atoms with Crippen molar-refractivity contribution in [2.45, 2.75) is 19.4 Å². The Kier molecular flexibility index (Phi) is 7.10. The van der Waals surface area contributed by atoms with Crippen LogP contribution in [-0.2, 0) is 14.3 Å². The molecule has 2 aromatic heterocycles. The molecule has 9 heteroatoms. The van der Waals surface area contributed by atoms with Gasteiger partial charge in [0.1, 0.15) is 10.7 Å². The van der Waals surface area contributed by atoms with Crippen LogP contribution in [0, 0.1) is 6.92 Å². The number of nitrogens with zero attached hydrogens (tertiary/aromatic N) is 3. The van der Waals surface area contributed by atoms with E-state index in [2.05, 4.69) is 9.88 Å². The molecule has 2 fully saturated rings. The fourth-order valence-corrected chi connectivity index (χ4v) is 6.36. The molecule has 1 aromatic carbocycles. The molecule has 0 saturated carbocycles. The van der Waals surface area contributed by atoms with Crippen LogP contribution in [0.3, 0.4) is 0 Å². The molecule has 1 unspecified atom stereocenters. The van der Waals surface area contributed by atoms with Crippen LogP contribution in [0.15, 0.2) is 53.4 Å². The van der Waals surface area contributed by atoms with Gasteiger partial charge < -0.3 is 14.7 Å². The molecule has 4 heterocycles. The summed E-state index contributed by atoms with van der Waals surface area (Å²) in [6.07, 6.45) is 0.739. The zero-order chi connectivity index (χ0) is 24.4. The summed E-state index contributed by atoms with van der Waals surface area (Å²) in [6.45, 7) is 6.33.